The molecule has 0 unspecified atom stereocenters. The van der Waals surface area contributed by atoms with Gasteiger partial charge in [0.05, 0.1) is 6.61 Å². The van der Waals surface area contributed by atoms with Gasteiger partial charge in [0.1, 0.15) is 0 Å². The molecule has 0 rings (SSSR count). The van der Waals surface area contributed by atoms with Crippen LogP contribution in [0.3, 0.4) is 0 Å². The van der Waals surface area contributed by atoms with E-state index in [4.69, 9.17) is 0 Å². The zero-order valence-corrected chi connectivity index (χ0v) is 4.21. The Morgan fingerprint density at radius 1 is 1.67 bits per heavy atom. The Bertz CT molecular complexity index is 32.7. The molecule has 0 amide bonds. The van der Waals surface area contributed by atoms with Crippen LogP contribution in [0.4, 0.5) is 8.39 Å². The van der Waals surface area contributed by atoms with Crippen LogP contribution in [-0.2, 0) is 4.52 Å². The van der Waals surface area contributed by atoms with Crippen LogP contribution < -0.4 is 0 Å². The molecule has 0 aliphatic heterocycles. The van der Waals surface area contributed by atoms with Gasteiger partial charge in [-0.25, -0.2) is 0 Å². The summed E-state index contributed by atoms with van der Waals surface area (Å²) in [7, 11) is -3.10. The summed E-state index contributed by atoms with van der Waals surface area (Å²) in [5, 5.41) is 0. The summed E-state index contributed by atoms with van der Waals surface area (Å²) in [6.45, 7) is 1.65. The van der Waals surface area contributed by atoms with Crippen molar-refractivity contribution < 1.29 is 12.9 Å². The predicted octanol–water partition coefficient (Wildman–Crippen LogP) is 2.19. The van der Waals surface area contributed by atoms with Crippen LogP contribution in [0.5, 0.6) is 0 Å². The zero-order valence-electron chi connectivity index (χ0n) is 3.32. The van der Waals surface area contributed by atoms with Crippen molar-refractivity contribution in [3.8, 4) is 0 Å². The third-order valence-corrected chi connectivity index (χ3v) is 0.680. The van der Waals surface area contributed by atoms with Crippen molar-refractivity contribution >= 4 is 8.77 Å². The first-order chi connectivity index (χ1) is 2.77. The molecule has 0 aliphatic carbocycles. The zero-order chi connectivity index (χ0) is 4.99. The quantitative estimate of drug-likeness (QED) is 0.500. The second-order valence-electron chi connectivity index (χ2n) is 0.620. The maximum Gasteiger partial charge on any atom is 0.415 e. The van der Waals surface area contributed by atoms with Gasteiger partial charge in [0, 0.05) is 0 Å². The van der Waals surface area contributed by atoms with Crippen molar-refractivity contribution in [2.24, 2.45) is 0 Å². The lowest BCUT2D eigenvalue weighted by molar-refractivity contribution is 0.329. The van der Waals surface area contributed by atoms with Crippen LogP contribution >= 0.6 is 8.77 Å². The fourth-order valence-electron chi connectivity index (χ4n) is 0.0976. The van der Waals surface area contributed by atoms with E-state index < -0.39 is 8.77 Å². The number of rotatable bonds is 2. The molecule has 0 aromatic rings. The summed E-state index contributed by atoms with van der Waals surface area (Å²) in [6.07, 6.45) is 0. The van der Waals surface area contributed by atoms with Crippen LogP contribution in [-0.4, -0.2) is 6.61 Å². The Balaban J connectivity index is 2.63. The molecule has 0 aromatic carbocycles. The fourth-order valence-corrected chi connectivity index (χ4v) is 0.293. The van der Waals surface area contributed by atoms with E-state index in [9.17, 15) is 8.39 Å². The summed E-state index contributed by atoms with van der Waals surface area (Å²) in [4.78, 5) is 0. The van der Waals surface area contributed by atoms with Gasteiger partial charge >= 0.3 is 8.77 Å². The second-order valence-corrected chi connectivity index (χ2v) is 1.28. The average molecular weight is 114 g/mol. The Morgan fingerprint density at radius 2 is 2.17 bits per heavy atom. The maximum atomic E-state index is 10.9. The van der Waals surface area contributed by atoms with Gasteiger partial charge in [0.15, 0.2) is 0 Å². The molecule has 0 bridgehead atoms. The van der Waals surface area contributed by atoms with Crippen molar-refractivity contribution in [3.63, 3.8) is 0 Å². The predicted molar refractivity (Wildman–Crippen MR) is 20.8 cm³/mol. The highest BCUT2D eigenvalue weighted by Gasteiger charge is 1.98. The van der Waals surface area contributed by atoms with E-state index in [2.05, 4.69) is 4.52 Å². The largest absolute Gasteiger partial charge is 0.415 e. The molecule has 0 heterocycles. The van der Waals surface area contributed by atoms with E-state index in [1.807, 2.05) is 0 Å². The monoisotopic (exact) mass is 114 g/mol. The first-order valence-electron chi connectivity index (χ1n) is 1.52. The lowest BCUT2D eigenvalue weighted by Crippen LogP contribution is -1.71. The minimum atomic E-state index is -3.10. The van der Waals surface area contributed by atoms with Gasteiger partial charge in [0.2, 0.25) is 0 Å². The van der Waals surface area contributed by atoms with Crippen LogP contribution in [0, 0.1) is 0 Å². The average Bonchev–Trinajstić information content (AvgIpc) is 1.35. The molecule has 0 N–H and O–H groups in total. The molecule has 0 aromatic heterocycles. The maximum absolute atomic E-state index is 10.9. The number of hydrogen-bond donors (Lipinski definition) is 0. The minimum absolute atomic E-state index is 0.110. The minimum Gasteiger partial charge on any atom is -0.306 e. The third-order valence-electron chi connectivity index (χ3n) is 0.227. The number of hydrogen-bond acceptors (Lipinski definition) is 1. The Hall–Kier alpha value is 0.250. The fraction of sp³-hybridized carbons (Fsp3) is 1.00. The highest BCUT2D eigenvalue weighted by atomic mass is 31.2. The second kappa shape index (κ2) is 3.44. The van der Waals surface area contributed by atoms with Crippen molar-refractivity contribution in [2.75, 3.05) is 6.61 Å². The smallest absolute Gasteiger partial charge is 0.306 e. The number of halogens is 2. The summed E-state index contributed by atoms with van der Waals surface area (Å²) in [5.41, 5.74) is 0. The lowest BCUT2D eigenvalue weighted by Gasteiger charge is -1.89. The normalized spacial score (nSPS) is 10.0. The SMILES string of the molecule is CCOP(F)F. The molecule has 0 saturated heterocycles. The van der Waals surface area contributed by atoms with Crippen LogP contribution in [0.1, 0.15) is 6.92 Å². The van der Waals surface area contributed by atoms with E-state index in [0.717, 1.165) is 0 Å². The molecule has 0 atom stereocenters. The van der Waals surface area contributed by atoms with Gasteiger partial charge in [-0.15, -0.1) is 0 Å². The molecule has 0 aliphatic rings. The van der Waals surface area contributed by atoms with E-state index in [1.165, 1.54) is 6.92 Å². The molecule has 6 heavy (non-hydrogen) atoms. The van der Waals surface area contributed by atoms with Crippen LogP contribution in [0.15, 0.2) is 0 Å². The van der Waals surface area contributed by atoms with Gasteiger partial charge in [-0.3, -0.25) is 0 Å². The highest BCUT2D eigenvalue weighted by Crippen LogP contribution is 2.39. The van der Waals surface area contributed by atoms with Crippen molar-refractivity contribution in [1.29, 1.82) is 0 Å². The topological polar surface area (TPSA) is 9.23 Å². The first kappa shape index (κ1) is 6.25. The van der Waals surface area contributed by atoms with Gasteiger partial charge in [-0.2, -0.15) is 8.39 Å². The lowest BCUT2D eigenvalue weighted by atomic mass is 10.9. The first-order valence-corrected chi connectivity index (χ1v) is 2.56. The standard InChI is InChI=1S/C2H5F2OP/c1-2-5-6(3)4/h2H2,1H3. The van der Waals surface area contributed by atoms with Gasteiger partial charge < -0.3 is 4.52 Å². The summed E-state index contributed by atoms with van der Waals surface area (Å²) in [6, 6.07) is 0. The van der Waals surface area contributed by atoms with E-state index in [1.54, 1.807) is 0 Å². The molecular formula is C2H5F2OP. The van der Waals surface area contributed by atoms with Gasteiger partial charge in [0.25, 0.3) is 0 Å². The molecule has 1 nitrogen and oxygen atoms in total. The highest BCUT2D eigenvalue weighted by molar-refractivity contribution is 7.40. The molecular weight excluding hydrogens is 109 g/mol. The Morgan fingerprint density at radius 3 is 2.17 bits per heavy atom. The summed E-state index contributed by atoms with van der Waals surface area (Å²) >= 11 is 0. The van der Waals surface area contributed by atoms with Crippen molar-refractivity contribution in [3.05, 3.63) is 0 Å². The van der Waals surface area contributed by atoms with Crippen LogP contribution in [0.25, 0.3) is 0 Å². The van der Waals surface area contributed by atoms with Crippen molar-refractivity contribution in [1.82, 2.24) is 0 Å². The third kappa shape index (κ3) is 4.25. The van der Waals surface area contributed by atoms with Crippen molar-refractivity contribution in [2.45, 2.75) is 6.92 Å². The molecule has 0 fully saturated rings. The molecule has 0 spiro atoms. The van der Waals surface area contributed by atoms with E-state index in [0.29, 0.717) is 0 Å². The molecule has 4 heteroatoms. The Kier molecular flexibility index (Phi) is 3.58. The van der Waals surface area contributed by atoms with Gasteiger partial charge in [-0.05, 0) is 6.92 Å². The summed E-state index contributed by atoms with van der Waals surface area (Å²) < 4.78 is 25.5. The van der Waals surface area contributed by atoms with E-state index in [-0.39, 0.29) is 6.61 Å². The molecule has 0 saturated carbocycles. The molecule has 38 valence electrons. The molecule has 0 radical (unpaired) electrons. The Labute approximate surface area is 36.4 Å². The van der Waals surface area contributed by atoms with Crippen LogP contribution in [0.2, 0.25) is 0 Å². The van der Waals surface area contributed by atoms with E-state index >= 15 is 0 Å². The van der Waals surface area contributed by atoms with Gasteiger partial charge in [-0.1, -0.05) is 0 Å². The summed E-state index contributed by atoms with van der Waals surface area (Å²) in [5.74, 6) is 0.